The predicted molar refractivity (Wildman–Crippen MR) is 124 cm³/mol. The van der Waals surface area contributed by atoms with E-state index in [9.17, 15) is 9.59 Å². The summed E-state index contributed by atoms with van der Waals surface area (Å²) in [6.07, 6.45) is 7.71. The molecule has 0 aromatic heterocycles. The van der Waals surface area contributed by atoms with Gasteiger partial charge in [-0.15, -0.1) is 0 Å². The number of rotatable bonds is 7. The maximum atomic E-state index is 12.6. The quantitative estimate of drug-likeness (QED) is 0.689. The molecule has 31 heavy (non-hydrogen) atoms. The summed E-state index contributed by atoms with van der Waals surface area (Å²) in [5.41, 5.74) is 2.36. The molecule has 3 rings (SSSR count). The molecule has 1 saturated carbocycles. The number of anilines is 1. The highest BCUT2D eigenvalue weighted by Crippen LogP contribution is 2.26. The van der Waals surface area contributed by atoms with Gasteiger partial charge in [0.25, 0.3) is 0 Å². The molecule has 1 aromatic rings. The average Bonchev–Trinajstić information content (AvgIpc) is 2.81. The zero-order valence-corrected chi connectivity index (χ0v) is 19.4. The van der Waals surface area contributed by atoms with Crippen LogP contribution in [0.3, 0.4) is 0 Å². The van der Waals surface area contributed by atoms with Gasteiger partial charge in [-0.05, 0) is 49.3 Å². The van der Waals surface area contributed by atoms with Gasteiger partial charge in [-0.2, -0.15) is 0 Å². The second-order valence-electron chi connectivity index (χ2n) is 9.52. The van der Waals surface area contributed by atoms with E-state index in [0.717, 1.165) is 5.56 Å². The Kier molecular flexibility index (Phi) is 8.61. The van der Waals surface area contributed by atoms with Crippen LogP contribution in [0.15, 0.2) is 24.3 Å². The van der Waals surface area contributed by atoms with E-state index in [4.69, 9.17) is 4.74 Å². The fraction of sp³-hybridized carbons (Fsp3) is 0.680. The van der Waals surface area contributed by atoms with Crippen LogP contribution in [-0.4, -0.2) is 49.7 Å². The van der Waals surface area contributed by atoms with Crippen molar-refractivity contribution in [1.82, 2.24) is 10.2 Å². The van der Waals surface area contributed by atoms with Gasteiger partial charge in [-0.1, -0.05) is 45.2 Å². The number of benzene rings is 1. The zero-order valence-electron chi connectivity index (χ0n) is 19.4. The third kappa shape index (κ3) is 6.88. The molecule has 1 aliphatic carbocycles. The second-order valence-corrected chi connectivity index (χ2v) is 9.52. The third-order valence-electron chi connectivity index (χ3n) is 6.60. The first-order chi connectivity index (χ1) is 14.9. The van der Waals surface area contributed by atoms with E-state index in [1.807, 2.05) is 13.8 Å². The minimum Gasteiger partial charge on any atom is -0.449 e. The molecule has 0 unspecified atom stereocenters. The van der Waals surface area contributed by atoms with Crippen molar-refractivity contribution in [1.29, 1.82) is 0 Å². The molecular weight excluding hydrogens is 390 g/mol. The van der Waals surface area contributed by atoms with Gasteiger partial charge in [0, 0.05) is 44.3 Å². The minimum atomic E-state index is -0.258. The van der Waals surface area contributed by atoms with Gasteiger partial charge >= 0.3 is 6.09 Å². The van der Waals surface area contributed by atoms with E-state index in [0.29, 0.717) is 51.0 Å². The maximum Gasteiger partial charge on any atom is 0.409 e. The Bertz CT molecular complexity index is 705. The number of carbonyl (C=O) groups is 2. The van der Waals surface area contributed by atoms with Crippen molar-refractivity contribution >= 4 is 17.7 Å². The van der Waals surface area contributed by atoms with Crippen molar-refractivity contribution < 1.29 is 14.3 Å². The number of nitrogens with zero attached hydrogens (tertiary/aromatic N) is 2. The van der Waals surface area contributed by atoms with Crippen molar-refractivity contribution in [2.45, 2.75) is 71.4 Å². The fourth-order valence-electron chi connectivity index (χ4n) is 4.52. The molecular formula is C25H39N3O3. The van der Waals surface area contributed by atoms with Gasteiger partial charge in [0.2, 0.25) is 5.91 Å². The van der Waals surface area contributed by atoms with Crippen LogP contribution < -0.4 is 10.2 Å². The lowest BCUT2D eigenvalue weighted by molar-refractivity contribution is -0.126. The molecule has 0 atom stereocenters. The molecule has 1 N–H and O–H groups in total. The summed E-state index contributed by atoms with van der Waals surface area (Å²) in [6, 6.07) is 9.20. The zero-order chi connectivity index (χ0) is 22.2. The number of hydrogen-bond donors (Lipinski definition) is 1. The van der Waals surface area contributed by atoms with Gasteiger partial charge in [0.15, 0.2) is 0 Å². The highest BCUT2D eigenvalue weighted by atomic mass is 16.6. The van der Waals surface area contributed by atoms with Crippen molar-refractivity contribution in [3.63, 3.8) is 0 Å². The van der Waals surface area contributed by atoms with Crippen LogP contribution in [0.5, 0.6) is 0 Å². The first-order valence-electron chi connectivity index (χ1n) is 11.9. The van der Waals surface area contributed by atoms with Crippen molar-refractivity contribution in [3.05, 3.63) is 29.8 Å². The SMILES string of the molecule is CC(C)COC(=O)N1CCC(C(=O)NCc2ccc(N(C)C3CCCCC3)cc2)CC1. The molecule has 172 valence electrons. The van der Waals surface area contributed by atoms with Gasteiger partial charge in [-0.25, -0.2) is 4.79 Å². The molecule has 1 saturated heterocycles. The van der Waals surface area contributed by atoms with Gasteiger partial charge < -0.3 is 19.9 Å². The molecule has 6 heteroatoms. The average molecular weight is 430 g/mol. The number of piperidine rings is 1. The first-order valence-corrected chi connectivity index (χ1v) is 11.9. The molecule has 0 radical (unpaired) electrons. The molecule has 0 bridgehead atoms. The third-order valence-corrected chi connectivity index (χ3v) is 6.60. The topological polar surface area (TPSA) is 61.9 Å². The molecule has 1 heterocycles. The molecule has 2 fully saturated rings. The standard InChI is InChI=1S/C25H39N3O3/c1-19(2)18-31-25(30)28-15-13-21(14-16-28)24(29)26-17-20-9-11-23(12-10-20)27(3)22-7-5-4-6-8-22/h9-12,19,21-22H,4-8,13-18H2,1-3H3,(H,26,29). The summed E-state index contributed by atoms with van der Waals surface area (Å²) in [5.74, 6) is 0.374. The van der Waals surface area contributed by atoms with E-state index in [-0.39, 0.29) is 17.9 Å². The van der Waals surface area contributed by atoms with E-state index >= 15 is 0 Å². The van der Waals surface area contributed by atoms with Crippen LogP contribution in [0, 0.1) is 11.8 Å². The summed E-state index contributed by atoms with van der Waals surface area (Å²) in [7, 11) is 2.19. The fourth-order valence-corrected chi connectivity index (χ4v) is 4.52. The van der Waals surface area contributed by atoms with Gasteiger partial charge in [-0.3, -0.25) is 4.79 Å². The Labute approximate surface area is 187 Å². The van der Waals surface area contributed by atoms with Crippen molar-refractivity contribution in [2.75, 3.05) is 31.6 Å². The van der Waals surface area contributed by atoms with Gasteiger partial charge in [0.1, 0.15) is 0 Å². The molecule has 1 aromatic carbocycles. The van der Waals surface area contributed by atoms with Crippen LogP contribution in [0.4, 0.5) is 10.5 Å². The lowest BCUT2D eigenvalue weighted by Crippen LogP contribution is -2.43. The number of carbonyl (C=O) groups excluding carboxylic acids is 2. The van der Waals surface area contributed by atoms with Crippen LogP contribution in [0.1, 0.15) is 64.4 Å². The Balaban J connectivity index is 1.40. The number of nitrogens with one attached hydrogen (secondary N) is 1. The molecule has 2 aliphatic rings. The molecule has 1 aliphatic heterocycles. The summed E-state index contributed by atoms with van der Waals surface area (Å²) in [4.78, 5) is 28.8. The first kappa shape index (κ1) is 23.4. The normalized spacial score (nSPS) is 18.1. The Morgan fingerprint density at radius 1 is 1.06 bits per heavy atom. The molecule has 2 amide bonds. The summed E-state index contributed by atoms with van der Waals surface area (Å²) in [5, 5.41) is 3.08. The lowest BCUT2D eigenvalue weighted by atomic mass is 9.94. The Morgan fingerprint density at radius 2 is 1.71 bits per heavy atom. The smallest absolute Gasteiger partial charge is 0.409 e. The minimum absolute atomic E-state index is 0.0362. The van der Waals surface area contributed by atoms with Crippen LogP contribution in [0.2, 0.25) is 0 Å². The van der Waals surface area contributed by atoms with E-state index in [1.165, 1.54) is 37.8 Å². The summed E-state index contributed by atoms with van der Waals surface area (Å²) < 4.78 is 5.29. The number of amides is 2. The maximum absolute atomic E-state index is 12.6. The van der Waals surface area contributed by atoms with Crippen LogP contribution >= 0.6 is 0 Å². The van der Waals surface area contributed by atoms with Gasteiger partial charge in [0.05, 0.1) is 6.61 Å². The van der Waals surface area contributed by atoms with Crippen LogP contribution in [-0.2, 0) is 16.1 Å². The van der Waals surface area contributed by atoms with Crippen LogP contribution in [0.25, 0.3) is 0 Å². The summed E-state index contributed by atoms with van der Waals surface area (Å²) in [6.45, 7) is 6.19. The number of ether oxygens (including phenoxy) is 1. The largest absolute Gasteiger partial charge is 0.449 e. The summed E-state index contributed by atoms with van der Waals surface area (Å²) >= 11 is 0. The molecule has 0 spiro atoms. The second kappa shape index (κ2) is 11.4. The van der Waals surface area contributed by atoms with E-state index in [2.05, 4.69) is 41.5 Å². The highest BCUT2D eigenvalue weighted by Gasteiger charge is 2.28. The predicted octanol–water partition coefficient (Wildman–Crippen LogP) is 4.58. The Morgan fingerprint density at radius 3 is 2.32 bits per heavy atom. The monoisotopic (exact) mass is 429 g/mol. The highest BCUT2D eigenvalue weighted by molar-refractivity contribution is 5.79. The van der Waals surface area contributed by atoms with Crippen molar-refractivity contribution in [2.24, 2.45) is 11.8 Å². The molecule has 6 nitrogen and oxygen atoms in total. The lowest BCUT2D eigenvalue weighted by Gasteiger charge is -2.33. The van der Waals surface area contributed by atoms with Crippen molar-refractivity contribution in [3.8, 4) is 0 Å². The Hall–Kier alpha value is -2.24. The van der Waals surface area contributed by atoms with E-state index in [1.54, 1.807) is 4.90 Å². The van der Waals surface area contributed by atoms with E-state index < -0.39 is 0 Å². The number of hydrogen-bond acceptors (Lipinski definition) is 4. The number of likely N-dealkylation sites (tertiary alicyclic amines) is 1.